The van der Waals surface area contributed by atoms with Crippen LogP contribution in [0.15, 0.2) is 48.8 Å². The molecule has 2 heteroatoms. The molecule has 2 nitrogen and oxygen atoms in total. The van der Waals surface area contributed by atoms with Gasteiger partial charge in [0.2, 0.25) is 0 Å². The largest absolute Gasteiger partial charge is 0.497 e. The van der Waals surface area contributed by atoms with Gasteiger partial charge in [-0.3, -0.25) is 0 Å². The van der Waals surface area contributed by atoms with Crippen molar-refractivity contribution >= 4 is 5.69 Å². The van der Waals surface area contributed by atoms with Gasteiger partial charge in [-0.1, -0.05) is 24.3 Å². The summed E-state index contributed by atoms with van der Waals surface area (Å²) in [5, 5.41) is 3.36. The maximum Gasteiger partial charge on any atom is 0.106 e. The molecule has 0 bridgehead atoms. The number of ether oxygens (including phenoxy) is 1. The molecule has 84 valence electrons. The highest BCUT2D eigenvalue weighted by Gasteiger charge is 2.04. The molecule has 0 saturated heterocycles. The molecule has 2 aliphatic rings. The summed E-state index contributed by atoms with van der Waals surface area (Å²) in [6, 6.07) is 8.53. The van der Waals surface area contributed by atoms with E-state index in [4.69, 9.17) is 4.74 Å². The number of rotatable bonds is 0. The maximum absolute atomic E-state index is 4.80. The molecular formula is C14H17NO. The highest BCUT2D eigenvalue weighted by atomic mass is 16.5. The summed E-state index contributed by atoms with van der Waals surface area (Å²) in [6.07, 6.45) is 9.98. The number of benzene rings is 1. The Morgan fingerprint density at radius 3 is 2.69 bits per heavy atom. The van der Waals surface area contributed by atoms with Crippen molar-refractivity contribution in [3.63, 3.8) is 0 Å². The average molecular weight is 215 g/mol. The van der Waals surface area contributed by atoms with E-state index in [1.807, 2.05) is 18.2 Å². The highest BCUT2D eigenvalue weighted by Crippen LogP contribution is 2.20. The minimum Gasteiger partial charge on any atom is -0.497 e. The third kappa shape index (κ3) is 3.16. The fourth-order valence-corrected chi connectivity index (χ4v) is 1.76. The molecule has 0 fully saturated rings. The topological polar surface area (TPSA) is 21.3 Å². The van der Waals surface area contributed by atoms with Crippen molar-refractivity contribution in [3.05, 3.63) is 54.3 Å². The molecule has 0 spiro atoms. The SMILES string of the molecule is C1=CCOC=C1.c1ccc2c(c1)CCCN2. The summed E-state index contributed by atoms with van der Waals surface area (Å²) in [4.78, 5) is 0. The Balaban J connectivity index is 0.000000138. The normalized spacial score (nSPS) is 16.2. The predicted molar refractivity (Wildman–Crippen MR) is 67.5 cm³/mol. The van der Waals surface area contributed by atoms with Crippen molar-refractivity contribution in [1.29, 1.82) is 0 Å². The first-order valence-electron chi connectivity index (χ1n) is 5.72. The summed E-state index contributed by atoms with van der Waals surface area (Å²) >= 11 is 0. The number of nitrogens with one attached hydrogen (secondary N) is 1. The van der Waals surface area contributed by atoms with Crippen molar-refractivity contribution in [3.8, 4) is 0 Å². The first-order valence-corrected chi connectivity index (χ1v) is 5.72. The number of para-hydroxylation sites is 1. The van der Waals surface area contributed by atoms with Crippen LogP contribution in [-0.2, 0) is 11.2 Å². The Labute approximate surface area is 96.6 Å². The Hall–Kier alpha value is -1.70. The molecule has 0 radical (unpaired) electrons. The van der Waals surface area contributed by atoms with Gasteiger partial charge < -0.3 is 10.1 Å². The van der Waals surface area contributed by atoms with Crippen molar-refractivity contribution in [2.75, 3.05) is 18.5 Å². The number of allylic oxidation sites excluding steroid dienone is 2. The van der Waals surface area contributed by atoms with E-state index in [1.165, 1.54) is 24.1 Å². The van der Waals surface area contributed by atoms with Crippen molar-refractivity contribution in [2.45, 2.75) is 12.8 Å². The van der Waals surface area contributed by atoms with E-state index in [-0.39, 0.29) is 0 Å². The second-order valence-corrected chi connectivity index (χ2v) is 3.78. The van der Waals surface area contributed by atoms with Gasteiger partial charge >= 0.3 is 0 Å². The molecule has 1 aromatic carbocycles. The Kier molecular flexibility index (Phi) is 4.06. The van der Waals surface area contributed by atoms with Crippen molar-refractivity contribution in [2.24, 2.45) is 0 Å². The second-order valence-electron chi connectivity index (χ2n) is 3.78. The van der Waals surface area contributed by atoms with Crippen molar-refractivity contribution < 1.29 is 4.74 Å². The van der Waals surface area contributed by atoms with E-state index >= 15 is 0 Å². The lowest BCUT2D eigenvalue weighted by Gasteiger charge is -2.16. The molecule has 2 aliphatic heterocycles. The molecule has 1 N–H and O–H groups in total. The van der Waals surface area contributed by atoms with E-state index in [9.17, 15) is 0 Å². The summed E-state index contributed by atoms with van der Waals surface area (Å²) in [5.74, 6) is 0. The Morgan fingerprint density at radius 1 is 1.12 bits per heavy atom. The maximum atomic E-state index is 4.80. The molecule has 1 aromatic rings. The van der Waals surface area contributed by atoms with Crippen LogP contribution in [0, 0.1) is 0 Å². The summed E-state index contributed by atoms with van der Waals surface area (Å²) in [5.41, 5.74) is 2.79. The number of aryl methyl sites for hydroxylation is 1. The minimum atomic E-state index is 0.733. The van der Waals surface area contributed by atoms with Gasteiger partial charge in [0.05, 0.1) is 6.26 Å². The fourth-order valence-electron chi connectivity index (χ4n) is 1.76. The average Bonchev–Trinajstić information content (AvgIpc) is 2.42. The molecule has 0 aromatic heterocycles. The number of fused-ring (bicyclic) bond motifs is 1. The van der Waals surface area contributed by atoms with Crippen LogP contribution < -0.4 is 5.32 Å². The lowest BCUT2D eigenvalue weighted by molar-refractivity contribution is 0.286. The standard InChI is InChI=1S/C9H11N.C5H6O/c1-2-6-9-8(4-1)5-3-7-10-9;1-2-4-6-5-3-1/h1-2,4,6,10H,3,5,7H2;1-4H,5H2. The van der Waals surface area contributed by atoms with Crippen LogP contribution >= 0.6 is 0 Å². The van der Waals surface area contributed by atoms with E-state index in [2.05, 4.69) is 29.6 Å². The van der Waals surface area contributed by atoms with Gasteiger partial charge in [-0.05, 0) is 36.6 Å². The van der Waals surface area contributed by atoms with E-state index < -0.39 is 0 Å². The fraction of sp³-hybridized carbons (Fsp3) is 0.286. The minimum absolute atomic E-state index is 0.733. The van der Waals surface area contributed by atoms with Crippen LogP contribution in [0.4, 0.5) is 5.69 Å². The van der Waals surface area contributed by atoms with Crippen LogP contribution in [0.5, 0.6) is 0 Å². The molecule has 2 heterocycles. The number of hydrogen-bond acceptors (Lipinski definition) is 2. The molecule has 0 unspecified atom stereocenters. The van der Waals surface area contributed by atoms with Crippen LogP contribution in [0.25, 0.3) is 0 Å². The first-order chi connectivity index (χ1) is 7.97. The highest BCUT2D eigenvalue weighted by molar-refractivity contribution is 5.52. The van der Waals surface area contributed by atoms with E-state index in [0.717, 1.165) is 13.2 Å². The third-order valence-corrected chi connectivity index (χ3v) is 2.57. The molecule has 0 saturated carbocycles. The summed E-state index contributed by atoms with van der Waals surface area (Å²) in [7, 11) is 0. The number of anilines is 1. The van der Waals surface area contributed by atoms with Gasteiger partial charge in [-0.2, -0.15) is 0 Å². The zero-order valence-electron chi connectivity index (χ0n) is 9.36. The third-order valence-electron chi connectivity index (χ3n) is 2.57. The predicted octanol–water partition coefficient (Wildman–Crippen LogP) is 3.13. The zero-order chi connectivity index (χ0) is 11.1. The molecule has 3 rings (SSSR count). The van der Waals surface area contributed by atoms with Crippen LogP contribution in [-0.4, -0.2) is 13.2 Å². The Bertz CT molecular complexity index is 345. The molecule has 0 amide bonds. The zero-order valence-corrected chi connectivity index (χ0v) is 9.36. The van der Waals surface area contributed by atoms with E-state index in [0.29, 0.717) is 0 Å². The second kappa shape index (κ2) is 6.01. The first kappa shape index (κ1) is 10.8. The smallest absolute Gasteiger partial charge is 0.106 e. The molecular weight excluding hydrogens is 198 g/mol. The molecule has 0 atom stereocenters. The van der Waals surface area contributed by atoms with Gasteiger partial charge in [-0.25, -0.2) is 0 Å². The lowest BCUT2D eigenvalue weighted by atomic mass is 10.0. The Morgan fingerprint density at radius 2 is 2.06 bits per heavy atom. The van der Waals surface area contributed by atoms with E-state index in [1.54, 1.807) is 6.26 Å². The van der Waals surface area contributed by atoms with Crippen LogP contribution in [0.1, 0.15) is 12.0 Å². The summed E-state index contributed by atoms with van der Waals surface area (Å²) in [6.45, 7) is 1.87. The van der Waals surface area contributed by atoms with Crippen LogP contribution in [0.2, 0.25) is 0 Å². The monoisotopic (exact) mass is 215 g/mol. The van der Waals surface area contributed by atoms with Crippen molar-refractivity contribution in [1.82, 2.24) is 0 Å². The lowest BCUT2D eigenvalue weighted by Crippen LogP contribution is -2.10. The van der Waals surface area contributed by atoms with Gasteiger partial charge in [-0.15, -0.1) is 0 Å². The van der Waals surface area contributed by atoms with Gasteiger partial charge in [0.15, 0.2) is 0 Å². The number of hydrogen-bond donors (Lipinski definition) is 1. The summed E-state index contributed by atoms with van der Waals surface area (Å²) < 4.78 is 4.80. The van der Waals surface area contributed by atoms with Crippen LogP contribution in [0.3, 0.4) is 0 Å². The quantitative estimate of drug-likeness (QED) is 0.718. The molecule has 16 heavy (non-hydrogen) atoms. The molecule has 0 aliphatic carbocycles. The van der Waals surface area contributed by atoms with Gasteiger partial charge in [0, 0.05) is 12.2 Å². The van der Waals surface area contributed by atoms with Gasteiger partial charge in [0.25, 0.3) is 0 Å². The van der Waals surface area contributed by atoms with Gasteiger partial charge in [0.1, 0.15) is 6.61 Å².